The van der Waals surface area contributed by atoms with E-state index < -0.39 is 22.1 Å². The molecule has 1 fully saturated rings. The van der Waals surface area contributed by atoms with Gasteiger partial charge in [0, 0.05) is 13.1 Å². The van der Waals surface area contributed by atoms with Crippen LogP contribution < -0.4 is 10.1 Å². The first-order chi connectivity index (χ1) is 10.2. The summed E-state index contributed by atoms with van der Waals surface area (Å²) < 4.78 is 66.2. The number of halogens is 3. The third-order valence-electron chi connectivity index (χ3n) is 3.44. The van der Waals surface area contributed by atoms with Gasteiger partial charge >= 0.3 is 6.36 Å². The fourth-order valence-electron chi connectivity index (χ4n) is 2.43. The Hall–Kier alpha value is -1.32. The Morgan fingerprint density at radius 3 is 2.50 bits per heavy atom. The number of rotatable bonds is 5. The molecule has 1 unspecified atom stereocenters. The molecule has 0 spiro atoms. The molecule has 1 N–H and O–H groups in total. The van der Waals surface area contributed by atoms with Crippen LogP contribution in [0.1, 0.15) is 6.42 Å². The Morgan fingerprint density at radius 1 is 1.32 bits per heavy atom. The first kappa shape index (κ1) is 17.0. The predicted molar refractivity (Wildman–Crippen MR) is 73.9 cm³/mol. The van der Waals surface area contributed by atoms with Crippen LogP contribution in [0.25, 0.3) is 0 Å². The Kier molecular flexibility index (Phi) is 4.98. The van der Waals surface area contributed by atoms with Crippen LogP contribution in [-0.4, -0.2) is 45.8 Å². The molecule has 0 aromatic heterocycles. The number of hydrogen-bond acceptors (Lipinski definition) is 4. The SMILES string of the molecule is CNCC1CCN(S(=O)(=O)c2ccc(OC(F)(F)F)cc2)C1. The zero-order chi connectivity index (χ0) is 16.4. The molecule has 1 heterocycles. The lowest BCUT2D eigenvalue weighted by Crippen LogP contribution is -2.30. The highest BCUT2D eigenvalue weighted by Crippen LogP contribution is 2.27. The molecule has 0 radical (unpaired) electrons. The fraction of sp³-hybridized carbons (Fsp3) is 0.538. The van der Waals surface area contributed by atoms with Crippen molar-refractivity contribution in [1.29, 1.82) is 0 Å². The molecular formula is C13H17F3N2O3S. The average Bonchev–Trinajstić information content (AvgIpc) is 2.87. The molecule has 1 aliphatic heterocycles. The molecule has 1 aromatic rings. The summed E-state index contributed by atoms with van der Waals surface area (Å²) in [5.41, 5.74) is 0. The van der Waals surface area contributed by atoms with E-state index in [1.165, 1.54) is 4.31 Å². The van der Waals surface area contributed by atoms with Gasteiger partial charge in [-0.1, -0.05) is 0 Å². The van der Waals surface area contributed by atoms with Gasteiger partial charge in [-0.25, -0.2) is 8.42 Å². The number of hydrogen-bond donors (Lipinski definition) is 1. The van der Waals surface area contributed by atoms with Crippen molar-refractivity contribution < 1.29 is 26.3 Å². The average molecular weight is 338 g/mol. The van der Waals surface area contributed by atoms with Gasteiger partial charge in [0.25, 0.3) is 0 Å². The number of sulfonamides is 1. The second-order valence-corrected chi connectivity index (χ2v) is 7.03. The minimum absolute atomic E-state index is 0.0351. The van der Waals surface area contributed by atoms with E-state index in [2.05, 4.69) is 10.1 Å². The molecular weight excluding hydrogens is 321 g/mol. The van der Waals surface area contributed by atoms with E-state index in [0.717, 1.165) is 37.2 Å². The van der Waals surface area contributed by atoms with E-state index >= 15 is 0 Å². The number of nitrogens with one attached hydrogen (secondary N) is 1. The smallest absolute Gasteiger partial charge is 0.406 e. The van der Waals surface area contributed by atoms with Crippen LogP contribution >= 0.6 is 0 Å². The van der Waals surface area contributed by atoms with Crippen LogP contribution in [0.3, 0.4) is 0 Å². The predicted octanol–water partition coefficient (Wildman–Crippen LogP) is 1.82. The van der Waals surface area contributed by atoms with E-state index in [-0.39, 0.29) is 10.8 Å². The zero-order valence-electron chi connectivity index (χ0n) is 11.9. The first-order valence-electron chi connectivity index (χ1n) is 6.73. The molecule has 0 bridgehead atoms. The summed E-state index contributed by atoms with van der Waals surface area (Å²) in [4.78, 5) is -0.0351. The first-order valence-corrected chi connectivity index (χ1v) is 8.17. The van der Waals surface area contributed by atoms with E-state index in [1.54, 1.807) is 7.05 Å². The van der Waals surface area contributed by atoms with Crippen LogP contribution in [0.2, 0.25) is 0 Å². The number of ether oxygens (including phenoxy) is 1. The van der Waals surface area contributed by atoms with Crippen molar-refractivity contribution in [2.24, 2.45) is 5.92 Å². The third kappa shape index (κ3) is 4.11. The summed E-state index contributed by atoms with van der Waals surface area (Å²) >= 11 is 0. The van der Waals surface area contributed by atoms with Crippen LogP contribution in [0.4, 0.5) is 13.2 Å². The highest BCUT2D eigenvalue weighted by molar-refractivity contribution is 7.89. The van der Waals surface area contributed by atoms with Crippen molar-refractivity contribution in [2.45, 2.75) is 17.7 Å². The summed E-state index contributed by atoms with van der Waals surface area (Å²) in [5.74, 6) is -0.200. The number of benzene rings is 1. The van der Waals surface area contributed by atoms with E-state index in [0.29, 0.717) is 13.1 Å². The molecule has 1 saturated heterocycles. The van der Waals surface area contributed by atoms with Crippen LogP contribution in [0, 0.1) is 5.92 Å². The van der Waals surface area contributed by atoms with Gasteiger partial charge in [-0.3, -0.25) is 0 Å². The van der Waals surface area contributed by atoms with Crippen LogP contribution in [0.5, 0.6) is 5.75 Å². The Labute approximate surface area is 127 Å². The van der Waals surface area contributed by atoms with Crippen molar-refractivity contribution in [3.63, 3.8) is 0 Å². The van der Waals surface area contributed by atoms with Crippen molar-refractivity contribution in [2.75, 3.05) is 26.7 Å². The van der Waals surface area contributed by atoms with Gasteiger partial charge in [-0.05, 0) is 50.2 Å². The third-order valence-corrected chi connectivity index (χ3v) is 5.32. The quantitative estimate of drug-likeness (QED) is 0.890. The maximum absolute atomic E-state index is 12.4. The summed E-state index contributed by atoms with van der Waals surface area (Å²) in [6, 6.07) is 4.26. The largest absolute Gasteiger partial charge is 0.573 e. The molecule has 22 heavy (non-hydrogen) atoms. The minimum Gasteiger partial charge on any atom is -0.406 e. The molecule has 1 aliphatic rings. The maximum Gasteiger partial charge on any atom is 0.573 e. The lowest BCUT2D eigenvalue weighted by atomic mass is 10.1. The highest BCUT2D eigenvalue weighted by atomic mass is 32.2. The lowest BCUT2D eigenvalue weighted by Gasteiger charge is -2.17. The number of alkyl halides is 3. The summed E-state index contributed by atoms with van der Waals surface area (Å²) in [6.45, 7) is 1.55. The van der Waals surface area contributed by atoms with Gasteiger partial charge in [0.2, 0.25) is 10.0 Å². The van der Waals surface area contributed by atoms with Gasteiger partial charge in [-0.15, -0.1) is 13.2 Å². The summed E-state index contributed by atoms with van der Waals surface area (Å²) in [7, 11) is -1.88. The summed E-state index contributed by atoms with van der Waals surface area (Å²) in [5, 5.41) is 3.01. The molecule has 1 atom stereocenters. The molecule has 0 amide bonds. The molecule has 124 valence electrons. The highest BCUT2D eigenvalue weighted by Gasteiger charge is 2.33. The van der Waals surface area contributed by atoms with Crippen molar-refractivity contribution in [1.82, 2.24) is 9.62 Å². The molecule has 0 saturated carbocycles. The van der Waals surface area contributed by atoms with Crippen molar-refractivity contribution in [3.05, 3.63) is 24.3 Å². The van der Waals surface area contributed by atoms with Gasteiger partial charge < -0.3 is 10.1 Å². The Morgan fingerprint density at radius 2 is 1.95 bits per heavy atom. The minimum atomic E-state index is -4.80. The van der Waals surface area contributed by atoms with Gasteiger partial charge in [-0.2, -0.15) is 4.31 Å². The molecule has 9 heteroatoms. The molecule has 0 aliphatic carbocycles. The maximum atomic E-state index is 12.4. The van der Waals surface area contributed by atoms with Crippen molar-refractivity contribution in [3.8, 4) is 5.75 Å². The Bertz CT molecular complexity index is 602. The van der Waals surface area contributed by atoms with Crippen LogP contribution in [0.15, 0.2) is 29.2 Å². The van der Waals surface area contributed by atoms with E-state index in [9.17, 15) is 21.6 Å². The van der Waals surface area contributed by atoms with Gasteiger partial charge in [0.05, 0.1) is 4.90 Å². The van der Waals surface area contributed by atoms with Gasteiger partial charge in [0.1, 0.15) is 5.75 Å². The molecule has 1 aromatic carbocycles. The van der Waals surface area contributed by atoms with E-state index in [4.69, 9.17) is 0 Å². The molecule has 5 nitrogen and oxygen atoms in total. The number of nitrogens with zero attached hydrogens (tertiary/aromatic N) is 1. The van der Waals surface area contributed by atoms with Crippen molar-refractivity contribution >= 4 is 10.0 Å². The standard InChI is InChI=1S/C13H17F3N2O3S/c1-17-8-10-6-7-18(9-10)22(19,20)12-4-2-11(3-5-12)21-13(14,15)16/h2-5,10,17H,6-9H2,1H3. The van der Waals surface area contributed by atoms with Gasteiger partial charge in [0.15, 0.2) is 0 Å². The molecule has 2 rings (SSSR count). The second-order valence-electron chi connectivity index (χ2n) is 5.09. The second kappa shape index (κ2) is 6.43. The Balaban J connectivity index is 2.10. The normalized spacial score (nSPS) is 20.3. The van der Waals surface area contributed by atoms with E-state index in [1.807, 2.05) is 0 Å². The lowest BCUT2D eigenvalue weighted by molar-refractivity contribution is -0.274. The zero-order valence-corrected chi connectivity index (χ0v) is 12.7. The van der Waals surface area contributed by atoms with Crippen LogP contribution in [-0.2, 0) is 10.0 Å². The fourth-order valence-corrected chi connectivity index (χ4v) is 3.96. The summed E-state index contributed by atoms with van der Waals surface area (Å²) in [6.07, 6.45) is -4.04. The topological polar surface area (TPSA) is 58.6 Å². The monoisotopic (exact) mass is 338 g/mol.